The lowest BCUT2D eigenvalue weighted by Crippen LogP contribution is -2.51. The number of amides is 1. The van der Waals surface area contributed by atoms with Crippen molar-refractivity contribution < 1.29 is 9.53 Å². The molecule has 2 heterocycles. The molecule has 4 heteroatoms. The molecule has 3 atom stereocenters. The van der Waals surface area contributed by atoms with Crippen LogP contribution in [0.4, 0.5) is 0 Å². The van der Waals surface area contributed by atoms with Gasteiger partial charge in [-0.1, -0.05) is 20.3 Å². The van der Waals surface area contributed by atoms with E-state index in [-0.39, 0.29) is 12.0 Å². The Morgan fingerprint density at radius 2 is 2.16 bits per heavy atom. The number of hydrogen-bond donors (Lipinski definition) is 1. The number of carbonyl (C=O) groups is 1. The van der Waals surface area contributed by atoms with E-state index in [0.717, 1.165) is 32.4 Å². The second-order valence-corrected chi connectivity index (χ2v) is 5.78. The number of piperidine rings is 1. The summed E-state index contributed by atoms with van der Waals surface area (Å²) in [5.41, 5.74) is 0. The van der Waals surface area contributed by atoms with Crippen molar-refractivity contribution in [1.82, 2.24) is 10.2 Å². The lowest BCUT2D eigenvalue weighted by atomic mass is 9.94. The predicted molar refractivity (Wildman–Crippen MR) is 76.0 cm³/mol. The van der Waals surface area contributed by atoms with Crippen LogP contribution in [0.25, 0.3) is 0 Å². The quantitative estimate of drug-likeness (QED) is 0.826. The summed E-state index contributed by atoms with van der Waals surface area (Å²) in [6.45, 7) is 7.40. The molecule has 2 saturated heterocycles. The Balaban J connectivity index is 1.99. The van der Waals surface area contributed by atoms with E-state index in [1.807, 2.05) is 0 Å². The van der Waals surface area contributed by atoms with Gasteiger partial charge in [0, 0.05) is 18.6 Å². The van der Waals surface area contributed by atoms with E-state index in [2.05, 4.69) is 24.1 Å². The minimum atomic E-state index is 0.0254. The number of likely N-dealkylation sites (N-methyl/N-ethyl adjacent to an activating group) is 1. The molecule has 4 nitrogen and oxygen atoms in total. The lowest BCUT2D eigenvalue weighted by Gasteiger charge is -2.38. The number of carbonyl (C=O) groups excluding carboxylic acids is 1. The molecule has 0 bridgehead atoms. The van der Waals surface area contributed by atoms with Gasteiger partial charge >= 0.3 is 0 Å². The summed E-state index contributed by atoms with van der Waals surface area (Å²) in [5.74, 6) is 0.346. The van der Waals surface area contributed by atoms with Crippen LogP contribution in [0, 0.1) is 5.92 Å². The van der Waals surface area contributed by atoms with Gasteiger partial charge in [-0.2, -0.15) is 0 Å². The molecule has 1 N–H and O–H groups in total. The maximum absolute atomic E-state index is 12.8. The number of nitrogens with zero attached hydrogens (tertiary/aromatic N) is 1. The van der Waals surface area contributed by atoms with Gasteiger partial charge in [-0.25, -0.2) is 0 Å². The summed E-state index contributed by atoms with van der Waals surface area (Å²) in [6.07, 6.45) is 5.91. The average Bonchev–Trinajstić information content (AvgIpc) is 2.88. The van der Waals surface area contributed by atoms with Crippen molar-refractivity contribution >= 4 is 5.91 Å². The van der Waals surface area contributed by atoms with Crippen LogP contribution in [0.3, 0.4) is 0 Å². The molecule has 1 amide bonds. The molecule has 2 aliphatic rings. The summed E-state index contributed by atoms with van der Waals surface area (Å²) in [5, 5.41) is 3.39. The number of nitrogens with one attached hydrogen (secondary N) is 1. The molecule has 0 aromatic rings. The number of rotatable bonds is 5. The Morgan fingerprint density at radius 3 is 2.89 bits per heavy atom. The number of hydrogen-bond acceptors (Lipinski definition) is 3. The van der Waals surface area contributed by atoms with E-state index in [9.17, 15) is 4.79 Å². The van der Waals surface area contributed by atoms with Gasteiger partial charge in [0.25, 0.3) is 0 Å². The van der Waals surface area contributed by atoms with Crippen molar-refractivity contribution in [3.05, 3.63) is 0 Å². The molecule has 0 aromatic heterocycles. The Kier molecular flexibility index (Phi) is 5.64. The molecule has 0 radical (unpaired) electrons. The molecule has 2 rings (SSSR count). The van der Waals surface area contributed by atoms with Gasteiger partial charge < -0.3 is 15.0 Å². The first-order valence-corrected chi connectivity index (χ1v) is 7.89. The van der Waals surface area contributed by atoms with Crippen molar-refractivity contribution in [2.24, 2.45) is 5.92 Å². The van der Waals surface area contributed by atoms with Crippen LogP contribution in [-0.4, -0.2) is 49.2 Å². The summed E-state index contributed by atoms with van der Waals surface area (Å²) in [7, 11) is 0. The third-order valence-corrected chi connectivity index (χ3v) is 4.40. The maximum atomic E-state index is 12.8. The number of likely N-dealkylation sites (tertiary alicyclic amines) is 1. The van der Waals surface area contributed by atoms with Crippen molar-refractivity contribution in [3.63, 3.8) is 0 Å². The van der Waals surface area contributed by atoms with E-state index in [1.54, 1.807) is 0 Å². The minimum Gasteiger partial charge on any atom is -0.379 e. The van der Waals surface area contributed by atoms with Gasteiger partial charge in [0.2, 0.25) is 5.91 Å². The van der Waals surface area contributed by atoms with Crippen LogP contribution in [0.2, 0.25) is 0 Å². The van der Waals surface area contributed by atoms with Gasteiger partial charge in [-0.3, -0.25) is 4.79 Å². The standard InChI is InChI=1S/C15H28N2O2/c1-3-7-12-8-5-6-9-17(12)15(18)13-10-19-11-14(13)16-4-2/h12-14,16H,3-11H2,1-2H3. The van der Waals surface area contributed by atoms with Crippen molar-refractivity contribution in [1.29, 1.82) is 0 Å². The summed E-state index contributed by atoms with van der Waals surface area (Å²) < 4.78 is 5.52. The second-order valence-electron chi connectivity index (χ2n) is 5.78. The predicted octanol–water partition coefficient (Wildman–Crippen LogP) is 1.79. The Bertz CT molecular complexity index is 294. The molecule has 3 unspecified atom stereocenters. The smallest absolute Gasteiger partial charge is 0.229 e. The van der Waals surface area contributed by atoms with E-state index < -0.39 is 0 Å². The maximum Gasteiger partial charge on any atom is 0.229 e. The normalized spacial score (nSPS) is 31.7. The molecule has 19 heavy (non-hydrogen) atoms. The topological polar surface area (TPSA) is 41.6 Å². The first-order valence-electron chi connectivity index (χ1n) is 7.89. The lowest BCUT2D eigenvalue weighted by molar-refractivity contribution is -0.140. The fourth-order valence-corrected chi connectivity index (χ4v) is 3.40. The van der Waals surface area contributed by atoms with Crippen LogP contribution in [0.1, 0.15) is 46.0 Å². The van der Waals surface area contributed by atoms with Gasteiger partial charge in [0.1, 0.15) is 0 Å². The highest BCUT2D eigenvalue weighted by Crippen LogP contribution is 2.25. The highest BCUT2D eigenvalue weighted by Gasteiger charge is 2.38. The van der Waals surface area contributed by atoms with E-state index in [0.29, 0.717) is 25.2 Å². The van der Waals surface area contributed by atoms with E-state index >= 15 is 0 Å². The Morgan fingerprint density at radius 1 is 1.32 bits per heavy atom. The minimum absolute atomic E-state index is 0.0254. The fraction of sp³-hybridized carbons (Fsp3) is 0.933. The molecule has 0 saturated carbocycles. The molecule has 2 fully saturated rings. The summed E-state index contributed by atoms with van der Waals surface area (Å²) in [6, 6.07) is 0.677. The van der Waals surface area contributed by atoms with Crippen LogP contribution >= 0.6 is 0 Å². The molecule has 0 spiro atoms. The average molecular weight is 268 g/mol. The zero-order valence-corrected chi connectivity index (χ0v) is 12.4. The third kappa shape index (κ3) is 3.48. The van der Waals surface area contributed by atoms with Crippen LogP contribution in [0.5, 0.6) is 0 Å². The zero-order valence-electron chi connectivity index (χ0n) is 12.4. The summed E-state index contributed by atoms with van der Waals surface area (Å²) >= 11 is 0. The molecule has 0 aromatic carbocycles. The Labute approximate surface area is 116 Å². The molecule has 2 aliphatic heterocycles. The second kappa shape index (κ2) is 7.25. The Hall–Kier alpha value is -0.610. The van der Waals surface area contributed by atoms with Crippen LogP contribution < -0.4 is 5.32 Å². The third-order valence-electron chi connectivity index (χ3n) is 4.40. The zero-order chi connectivity index (χ0) is 13.7. The van der Waals surface area contributed by atoms with Gasteiger partial charge in [-0.15, -0.1) is 0 Å². The summed E-state index contributed by atoms with van der Waals surface area (Å²) in [4.78, 5) is 14.9. The first kappa shape index (κ1) is 14.8. The van der Waals surface area contributed by atoms with Crippen LogP contribution in [0.15, 0.2) is 0 Å². The highest BCUT2D eigenvalue weighted by molar-refractivity contribution is 5.80. The SMILES string of the molecule is CCCC1CCCCN1C(=O)C1COCC1NCC. The van der Waals surface area contributed by atoms with Gasteiger partial charge in [0.05, 0.1) is 19.1 Å². The largest absolute Gasteiger partial charge is 0.379 e. The van der Waals surface area contributed by atoms with Crippen molar-refractivity contribution in [2.45, 2.75) is 58.0 Å². The van der Waals surface area contributed by atoms with Gasteiger partial charge in [-0.05, 0) is 32.2 Å². The monoisotopic (exact) mass is 268 g/mol. The van der Waals surface area contributed by atoms with Crippen molar-refractivity contribution in [3.8, 4) is 0 Å². The van der Waals surface area contributed by atoms with Gasteiger partial charge in [0.15, 0.2) is 0 Å². The molecule has 110 valence electrons. The highest BCUT2D eigenvalue weighted by atomic mass is 16.5. The molecule has 0 aliphatic carbocycles. The van der Waals surface area contributed by atoms with E-state index in [1.165, 1.54) is 12.8 Å². The fourth-order valence-electron chi connectivity index (χ4n) is 3.40. The van der Waals surface area contributed by atoms with Crippen LogP contribution in [-0.2, 0) is 9.53 Å². The molecular formula is C15H28N2O2. The van der Waals surface area contributed by atoms with E-state index in [4.69, 9.17) is 4.74 Å². The first-order chi connectivity index (χ1) is 9.27. The molecular weight excluding hydrogens is 240 g/mol. The van der Waals surface area contributed by atoms with Crippen molar-refractivity contribution in [2.75, 3.05) is 26.3 Å². The number of ether oxygens (including phenoxy) is 1.